The van der Waals surface area contributed by atoms with Crippen LogP contribution >= 0.6 is 11.8 Å². The van der Waals surface area contributed by atoms with Crippen molar-refractivity contribution in [3.05, 3.63) is 71.4 Å². The van der Waals surface area contributed by atoms with Crippen LogP contribution in [0, 0.1) is 17.3 Å². The van der Waals surface area contributed by atoms with Gasteiger partial charge in [0.05, 0.1) is 40.6 Å². The number of piperidine rings is 1. The highest BCUT2D eigenvalue weighted by molar-refractivity contribution is 7.99. The number of rotatable bonds is 6. The molecule has 0 amide bonds. The summed E-state index contributed by atoms with van der Waals surface area (Å²) in [5.41, 5.74) is 12.7. The lowest BCUT2D eigenvalue weighted by atomic mass is 9.91. The van der Waals surface area contributed by atoms with Crippen LogP contribution in [0.2, 0.25) is 0 Å². The van der Waals surface area contributed by atoms with Crippen LogP contribution in [0.4, 0.5) is 0 Å². The van der Waals surface area contributed by atoms with Gasteiger partial charge in [-0.25, -0.2) is 19.4 Å². The number of H-pyrrole nitrogens is 2. The molecule has 2 aromatic carbocycles. The van der Waals surface area contributed by atoms with Gasteiger partial charge in [0.2, 0.25) is 5.54 Å². The number of imidazole rings is 2. The molecule has 2 aromatic heterocycles. The molecule has 4 atom stereocenters. The molecule has 4 unspecified atom stereocenters. The number of guanidine groups is 1. The Morgan fingerprint density at radius 2 is 1.76 bits per heavy atom. The van der Waals surface area contributed by atoms with Crippen LogP contribution in [0.1, 0.15) is 103 Å². The second kappa shape index (κ2) is 11.7. The van der Waals surface area contributed by atoms with Gasteiger partial charge in [-0.05, 0) is 116 Å². The molecule has 5 heterocycles. The van der Waals surface area contributed by atoms with E-state index in [0.29, 0.717) is 18.2 Å². The van der Waals surface area contributed by atoms with Crippen LogP contribution in [0.5, 0.6) is 0 Å². The van der Waals surface area contributed by atoms with E-state index in [2.05, 4.69) is 124 Å². The first-order chi connectivity index (χ1) is 24.1. The number of aliphatic imine (C=N–C) groups is 1. The lowest BCUT2D eigenvalue weighted by Gasteiger charge is -2.36. The smallest absolute Gasteiger partial charge is 0.296 e. The number of quaternary nitrogens is 1. The van der Waals surface area contributed by atoms with Crippen LogP contribution in [0.3, 0.4) is 0 Å². The Kier molecular flexibility index (Phi) is 7.90. The van der Waals surface area contributed by atoms with Gasteiger partial charge in [0.25, 0.3) is 5.96 Å². The van der Waals surface area contributed by atoms with Crippen molar-refractivity contribution in [3.63, 3.8) is 0 Å². The summed E-state index contributed by atoms with van der Waals surface area (Å²) in [6, 6.07) is 15.1. The molecule has 268 valence electrons. The number of aromatic amines is 2. The van der Waals surface area contributed by atoms with Crippen LogP contribution < -0.4 is 5.73 Å². The predicted molar refractivity (Wildman–Crippen MR) is 207 cm³/mol. The van der Waals surface area contributed by atoms with Crippen LogP contribution in [-0.2, 0) is 15.1 Å². The van der Waals surface area contributed by atoms with E-state index in [4.69, 9.17) is 25.4 Å². The summed E-state index contributed by atoms with van der Waals surface area (Å²) in [7, 11) is 0. The maximum absolute atomic E-state index is 6.86. The minimum Gasteiger partial charge on any atom is -0.360 e. The van der Waals surface area contributed by atoms with E-state index in [9.17, 15) is 0 Å². The molecule has 3 saturated heterocycles. The van der Waals surface area contributed by atoms with Crippen molar-refractivity contribution in [3.8, 4) is 23.1 Å². The van der Waals surface area contributed by atoms with E-state index in [1.165, 1.54) is 12.8 Å². The zero-order valence-corrected chi connectivity index (χ0v) is 32.3. The van der Waals surface area contributed by atoms with Crippen molar-refractivity contribution in [1.82, 2.24) is 24.8 Å². The minimum absolute atomic E-state index is 0.122. The molecule has 4 aromatic rings. The molecule has 10 heteroatoms. The number of thioether (sulfide) groups is 1. The van der Waals surface area contributed by atoms with Gasteiger partial charge in [-0.2, -0.15) is 0 Å². The van der Waals surface area contributed by atoms with Crippen molar-refractivity contribution < 1.29 is 9.22 Å². The summed E-state index contributed by atoms with van der Waals surface area (Å²) >= 11 is 1.84. The van der Waals surface area contributed by atoms with Crippen LogP contribution in [-0.4, -0.2) is 78.5 Å². The van der Waals surface area contributed by atoms with Crippen molar-refractivity contribution >= 4 is 28.8 Å². The summed E-state index contributed by atoms with van der Waals surface area (Å²) in [6.07, 6.45) is 9.99. The number of nitrogens with zero attached hydrogens (tertiary/aromatic N) is 5. The monoisotopic (exact) mass is 705 g/mol. The average molecular weight is 706 g/mol. The Hall–Kier alpha value is -3.62. The molecule has 4 aliphatic rings. The van der Waals surface area contributed by atoms with Gasteiger partial charge in [-0.15, -0.1) is 11.8 Å². The Labute approximate surface area is 306 Å². The molecule has 4 fully saturated rings. The van der Waals surface area contributed by atoms with Gasteiger partial charge in [0.15, 0.2) is 11.9 Å². The summed E-state index contributed by atoms with van der Waals surface area (Å²) in [5.74, 6) is 9.55. The normalized spacial score (nSPS) is 28.6. The van der Waals surface area contributed by atoms with E-state index in [1.54, 1.807) is 0 Å². The average Bonchev–Trinajstić information content (AvgIpc) is 3.53. The number of nitrogens with one attached hydrogen (secondary N) is 2. The number of aromatic nitrogens is 4. The fourth-order valence-electron chi connectivity index (χ4n) is 9.07. The zero-order valence-electron chi connectivity index (χ0n) is 31.5. The molecule has 0 radical (unpaired) electrons. The van der Waals surface area contributed by atoms with Crippen LogP contribution in [0.15, 0.2) is 53.7 Å². The summed E-state index contributed by atoms with van der Waals surface area (Å²) in [4.78, 5) is 24.6. The van der Waals surface area contributed by atoms with Gasteiger partial charge in [0, 0.05) is 29.5 Å². The summed E-state index contributed by atoms with van der Waals surface area (Å²) in [5, 5.41) is 0. The molecular weight excluding hydrogens is 653 g/mol. The molecule has 51 heavy (non-hydrogen) atoms. The highest BCUT2D eigenvalue weighted by Gasteiger charge is 2.90. The van der Waals surface area contributed by atoms with E-state index in [1.807, 2.05) is 18.0 Å². The fourth-order valence-corrected chi connectivity index (χ4v) is 10.1. The molecule has 1 saturated carbocycles. The lowest BCUT2D eigenvalue weighted by molar-refractivity contribution is -0.743. The number of benzene rings is 2. The highest BCUT2D eigenvalue weighted by Crippen LogP contribution is 2.74. The molecule has 0 bridgehead atoms. The fraction of sp³-hybridized carbons (Fsp3) is 0.537. The Morgan fingerprint density at radius 3 is 2.45 bits per heavy atom. The molecule has 1 aliphatic carbocycles. The molecule has 9 nitrogen and oxygen atoms in total. The largest absolute Gasteiger partial charge is 0.360 e. The van der Waals surface area contributed by atoms with Crippen molar-refractivity contribution in [1.29, 1.82) is 0 Å². The Morgan fingerprint density at radius 1 is 1.04 bits per heavy atom. The molecule has 3 aliphatic heterocycles. The maximum atomic E-state index is 6.86. The van der Waals surface area contributed by atoms with E-state index < -0.39 is 0 Å². The standard InChI is InChI=1S/C41H53N8OS/c1-27-40(24-39(19-20-39)25-49(27,40)36(42)47-37(2,3)4)34-43-23-33(46-34)30-15-12-28(13-16-30)10-11-29-14-17-31-32(22-29)45-35(44-31)41(51-8)18-9-21-48(41)26-50-38(5,6)7/h12-17,22-23,27H,9,18-21,24-26H2,1-8H3,(H2,42,47)(H,43,46)(H,44,45)/q+1. The highest BCUT2D eigenvalue weighted by atomic mass is 32.2. The second-order valence-electron chi connectivity index (χ2n) is 17.5. The first-order valence-electron chi connectivity index (χ1n) is 18.5. The zero-order chi connectivity index (χ0) is 36.0. The summed E-state index contributed by atoms with van der Waals surface area (Å²) in [6.45, 7) is 17.7. The van der Waals surface area contributed by atoms with E-state index in [-0.39, 0.29) is 21.5 Å². The number of hydrogen-bond donors (Lipinski definition) is 3. The third-order valence-corrected chi connectivity index (χ3v) is 13.2. The van der Waals surface area contributed by atoms with Crippen molar-refractivity contribution in [2.24, 2.45) is 16.1 Å². The van der Waals surface area contributed by atoms with Gasteiger partial charge >= 0.3 is 0 Å². The third kappa shape index (κ3) is 5.72. The number of nitrogens with two attached hydrogens (primary N) is 1. The summed E-state index contributed by atoms with van der Waals surface area (Å²) < 4.78 is 6.95. The molecule has 1 spiro atoms. The first-order valence-corrected chi connectivity index (χ1v) is 19.7. The topological polar surface area (TPSA) is 108 Å². The minimum atomic E-state index is -0.226. The van der Waals surface area contributed by atoms with Gasteiger partial charge in [0.1, 0.15) is 17.4 Å². The SMILES string of the molecule is CSC1(c2nc3ccc(C#Cc4ccc(-c5cnc(C67CC8(CC8)C[N+]6(C(N)=NC(C)(C)C)C7C)[nH]5)cc4)cc3[nH]2)CCCN1COC(C)(C)C. The Balaban J connectivity index is 0.997. The number of ether oxygens (including phenoxy) is 1. The lowest BCUT2D eigenvalue weighted by Crippen LogP contribution is -2.46. The predicted octanol–water partition coefficient (Wildman–Crippen LogP) is 7.45. The van der Waals surface area contributed by atoms with Crippen LogP contribution in [0.25, 0.3) is 22.3 Å². The Bertz CT molecular complexity index is 2070. The number of hydrogen-bond acceptors (Lipinski definition) is 6. The van der Waals surface area contributed by atoms with Crippen molar-refractivity contribution in [2.75, 3.05) is 26.1 Å². The molecule has 4 N–H and O–H groups in total. The molecular formula is C41H53N8OS+. The molecule has 8 rings (SSSR count). The van der Waals surface area contributed by atoms with Gasteiger partial charge in [-0.1, -0.05) is 24.0 Å². The third-order valence-electron chi connectivity index (χ3n) is 11.9. The van der Waals surface area contributed by atoms with Crippen molar-refractivity contribution in [2.45, 2.75) is 108 Å². The maximum Gasteiger partial charge on any atom is 0.296 e. The van der Waals surface area contributed by atoms with E-state index in [0.717, 1.165) is 87.9 Å². The first kappa shape index (κ1) is 34.5. The number of likely N-dealkylation sites (tertiary alicyclic amines) is 1. The van der Waals surface area contributed by atoms with E-state index >= 15 is 0 Å². The quantitative estimate of drug-likeness (QED) is 0.0633. The number of fused-ring (bicyclic) bond motifs is 2. The van der Waals surface area contributed by atoms with Gasteiger partial charge < -0.3 is 20.4 Å². The van der Waals surface area contributed by atoms with Gasteiger partial charge in [-0.3, -0.25) is 4.90 Å². The second-order valence-corrected chi connectivity index (χ2v) is 18.6.